The number of aliphatic hydroxyl groups excluding tert-OH is 1. The van der Waals surface area contributed by atoms with Gasteiger partial charge in [0.15, 0.2) is 11.9 Å². The van der Waals surface area contributed by atoms with Gasteiger partial charge in [0.2, 0.25) is 0 Å². The van der Waals surface area contributed by atoms with Crippen LogP contribution in [0.25, 0.3) is 0 Å². The summed E-state index contributed by atoms with van der Waals surface area (Å²) in [5.74, 6) is -0.459. The molecule has 2 atom stereocenters. The lowest BCUT2D eigenvalue weighted by Gasteiger charge is -2.17. The van der Waals surface area contributed by atoms with E-state index in [2.05, 4.69) is 13.8 Å². The molecule has 0 aliphatic rings. The Morgan fingerprint density at radius 3 is 2.20 bits per heavy atom. The van der Waals surface area contributed by atoms with Crippen LogP contribution in [0.2, 0.25) is 0 Å². The summed E-state index contributed by atoms with van der Waals surface area (Å²) in [6.45, 7) is 5.72. The molecule has 4 nitrogen and oxygen atoms in total. The van der Waals surface area contributed by atoms with Gasteiger partial charge < -0.3 is 9.84 Å². The van der Waals surface area contributed by atoms with Crippen molar-refractivity contribution in [3.05, 3.63) is 0 Å². The van der Waals surface area contributed by atoms with Gasteiger partial charge in [-0.3, -0.25) is 9.59 Å². The first-order valence-electron chi connectivity index (χ1n) is 7.91. The van der Waals surface area contributed by atoms with Crippen LogP contribution in [0, 0.1) is 0 Å². The van der Waals surface area contributed by atoms with E-state index in [1.165, 1.54) is 6.92 Å². The van der Waals surface area contributed by atoms with Gasteiger partial charge in [-0.1, -0.05) is 39.5 Å². The molecule has 0 saturated carbocycles. The summed E-state index contributed by atoms with van der Waals surface area (Å²) in [7, 11) is 0. The molecule has 0 aliphatic heterocycles. The highest BCUT2D eigenvalue weighted by Gasteiger charge is 2.22. The third-order valence-corrected chi connectivity index (χ3v) is 3.19. The summed E-state index contributed by atoms with van der Waals surface area (Å²) in [5.41, 5.74) is 0. The van der Waals surface area contributed by atoms with Gasteiger partial charge in [0, 0.05) is 6.42 Å². The fourth-order valence-electron chi connectivity index (χ4n) is 2.02. The molecule has 4 heteroatoms. The van der Waals surface area contributed by atoms with Crippen LogP contribution in [0.5, 0.6) is 0 Å². The van der Waals surface area contributed by atoms with E-state index in [-0.39, 0.29) is 12.2 Å². The van der Waals surface area contributed by atoms with Crippen molar-refractivity contribution in [3.8, 4) is 0 Å². The minimum Gasteiger partial charge on any atom is -0.454 e. The van der Waals surface area contributed by atoms with E-state index in [1.807, 2.05) is 0 Å². The molecule has 0 rings (SSSR count). The number of carbonyl (C=O) groups excluding carboxylic acids is 2. The molecule has 0 saturated heterocycles. The zero-order valence-corrected chi connectivity index (χ0v) is 13.2. The lowest BCUT2D eigenvalue weighted by molar-refractivity contribution is -0.157. The summed E-state index contributed by atoms with van der Waals surface area (Å²) in [5, 5.41) is 9.18. The quantitative estimate of drug-likeness (QED) is 0.441. The first-order valence-corrected chi connectivity index (χ1v) is 7.91. The standard InChI is InChI=1S/C16H30O4/c1-4-6-8-10-14(18)15(11-9-7-5-2)20-16(19)12-13(3)17/h13,15,17H,4-12H2,1-3H3. The first-order chi connectivity index (χ1) is 9.51. The number of ketones is 1. The van der Waals surface area contributed by atoms with E-state index in [4.69, 9.17) is 4.74 Å². The maximum atomic E-state index is 12.1. The van der Waals surface area contributed by atoms with Crippen LogP contribution >= 0.6 is 0 Å². The number of aliphatic hydroxyl groups is 1. The van der Waals surface area contributed by atoms with Crippen molar-refractivity contribution in [1.29, 1.82) is 0 Å². The van der Waals surface area contributed by atoms with Crippen molar-refractivity contribution >= 4 is 11.8 Å². The Balaban J connectivity index is 4.30. The van der Waals surface area contributed by atoms with Crippen LogP contribution in [0.4, 0.5) is 0 Å². The van der Waals surface area contributed by atoms with Crippen molar-refractivity contribution in [2.24, 2.45) is 0 Å². The normalized spacial score (nSPS) is 13.8. The van der Waals surface area contributed by atoms with E-state index in [9.17, 15) is 14.7 Å². The second kappa shape index (κ2) is 11.9. The minimum absolute atomic E-state index is 0.0218. The summed E-state index contributed by atoms with van der Waals surface area (Å²) in [6.07, 6.45) is 5.62. The molecule has 0 heterocycles. The van der Waals surface area contributed by atoms with Crippen LogP contribution in [-0.2, 0) is 14.3 Å². The Hall–Kier alpha value is -0.900. The van der Waals surface area contributed by atoms with Gasteiger partial charge in [0.05, 0.1) is 12.5 Å². The average molecular weight is 286 g/mol. The topological polar surface area (TPSA) is 63.6 Å². The minimum atomic E-state index is -0.728. The molecule has 1 N–H and O–H groups in total. The number of unbranched alkanes of at least 4 members (excludes halogenated alkanes) is 4. The fourth-order valence-corrected chi connectivity index (χ4v) is 2.02. The van der Waals surface area contributed by atoms with E-state index >= 15 is 0 Å². The van der Waals surface area contributed by atoms with Crippen molar-refractivity contribution in [2.45, 2.75) is 90.8 Å². The lowest BCUT2D eigenvalue weighted by Crippen LogP contribution is -2.28. The summed E-state index contributed by atoms with van der Waals surface area (Å²) >= 11 is 0. The van der Waals surface area contributed by atoms with Crippen molar-refractivity contribution in [2.75, 3.05) is 0 Å². The summed E-state index contributed by atoms with van der Waals surface area (Å²) in [4.78, 5) is 23.7. The lowest BCUT2D eigenvalue weighted by atomic mass is 10.0. The highest BCUT2D eigenvalue weighted by molar-refractivity contribution is 5.85. The Morgan fingerprint density at radius 2 is 1.65 bits per heavy atom. The van der Waals surface area contributed by atoms with Gasteiger partial charge in [-0.2, -0.15) is 0 Å². The second-order valence-corrected chi connectivity index (χ2v) is 5.45. The molecule has 118 valence electrons. The molecule has 2 unspecified atom stereocenters. The largest absolute Gasteiger partial charge is 0.454 e. The summed E-state index contributed by atoms with van der Waals surface area (Å²) in [6, 6.07) is 0. The Bertz CT molecular complexity index is 274. The molecular formula is C16H30O4. The van der Waals surface area contributed by atoms with Crippen LogP contribution in [-0.4, -0.2) is 29.1 Å². The predicted octanol–water partition coefficient (Wildman–Crippen LogP) is 3.40. The van der Waals surface area contributed by atoms with E-state index in [0.29, 0.717) is 12.8 Å². The molecule has 20 heavy (non-hydrogen) atoms. The van der Waals surface area contributed by atoms with Crippen molar-refractivity contribution in [3.63, 3.8) is 0 Å². The van der Waals surface area contributed by atoms with Crippen LogP contribution in [0.1, 0.15) is 78.6 Å². The van der Waals surface area contributed by atoms with Gasteiger partial charge in [0.25, 0.3) is 0 Å². The molecule has 0 radical (unpaired) electrons. The van der Waals surface area contributed by atoms with Crippen LogP contribution in [0.3, 0.4) is 0 Å². The third-order valence-electron chi connectivity index (χ3n) is 3.19. The number of hydrogen-bond acceptors (Lipinski definition) is 4. The Labute approximate surface area is 122 Å². The SMILES string of the molecule is CCCCCC(=O)C(CCCCC)OC(=O)CC(C)O. The highest BCUT2D eigenvalue weighted by atomic mass is 16.5. The van der Waals surface area contributed by atoms with Crippen LogP contribution in [0.15, 0.2) is 0 Å². The molecule has 0 aromatic heterocycles. The fraction of sp³-hybridized carbons (Fsp3) is 0.875. The second-order valence-electron chi connectivity index (χ2n) is 5.45. The number of ether oxygens (including phenoxy) is 1. The number of carbonyl (C=O) groups is 2. The van der Waals surface area contributed by atoms with E-state index in [0.717, 1.165) is 38.5 Å². The maximum absolute atomic E-state index is 12.1. The van der Waals surface area contributed by atoms with E-state index < -0.39 is 18.2 Å². The van der Waals surface area contributed by atoms with E-state index in [1.54, 1.807) is 0 Å². The zero-order chi connectivity index (χ0) is 15.4. The smallest absolute Gasteiger partial charge is 0.309 e. The number of Topliss-reactive ketones (excluding diaryl/α,β-unsaturated/α-hetero) is 1. The maximum Gasteiger partial charge on any atom is 0.309 e. The van der Waals surface area contributed by atoms with Gasteiger partial charge in [-0.25, -0.2) is 0 Å². The van der Waals surface area contributed by atoms with Gasteiger partial charge in [-0.15, -0.1) is 0 Å². The molecule has 0 fully saturated rings. The highest BCUT2D eigenvalue weighted by Crippen LogP contribution is 2.13. The van der Waals surface area contributed by atoms with Gasteiger partial charge >= 0.3 is 5.97 Å². The Kier molecular flexibility index (Phi) is 11.4. The van der Waals surface area contributed by atoms with Crippen LogP contribution < -0.4 is 0 Å². The average Bonchev–Trinajstić information content (AvgIpc) is 2.37. The predicted molar refractivity (Wildman–Crippen MR) is 79.5 cm³/mol. The molecule has 0 aromatic carbocycles. The molecule has 0 aliphatic carbocycles. The number of esters is 1. The third kappa shape index (κ3) is 9.96. The molecule has 0 amide bonds. The van der Waals surface area contributed by atoms with Crippen molar-refractivity contribution in [1.82, 2.24) is 0 Å². The monoisotopic (exact) mass is 286 g/mol. The van der Waals surface area contributed by atoms with Gasteiger partial charge in [-0.05, 0) is 26.2 Å². The zero-order valence-electron chi connectivity index (χ0n) is 13.2. The molecule has 0 spiro atoms. The molecule has 0 aromatic rings. The Morgan fingerprint density at radius 1 is 1.05 bits per heavy atom. The van der Waals surface area contributed by atoms with Gasteiger partial charge in [0.1, 0.15) is 0 Å². The number of rotatable bonds is 12. The summed E-state index contributed by atoms with van der Waals surface area (Å²) < 4.78 is 5.25. The molecule has 0 bridgehead atoms. The first kappa shape index (κ1) is 19.1. The van der Waals surface area contributed by atoms with Crippen molar-refractivity contribution < 1.29 is 19.4 Å². The molecular weight excluding hydrogens is 256 g/mol. The number of hydrogen-bond donors (Lipinski definition) is 1.